The van der Waals surface area contributed by atoms with Crippen molar-refractivity contribution in [3.8, 4) is 0 Å². The van der Waals surface area contributed by atoms with Gasteiger partial charge in [-0.05, 0) is 13.0 Å². The highest BCUT2D eigenvalue weighted by molar-refractivity contribution is 5.82. The monoisotopic (exact) mass is 199 g/mol. The molecule has 1 amide bonds. The van der Waals surface area contributed by atoms with E-state index in [1.807, 2.05) is 18.7 Å². The van der Waals surface area contributed by atoms with Gasteiger partial charge in [0.15, 0.2) is 0 Å². The maximum Gasteiger partial charge on any atom is 0.239 e. The van der Waals surface area contributed by atoms with Gasteiger partial charge in [-0.2, -0.15) is 0 Å². The number of likely N-dealkylation sites (N-methyl/N-ethyl adjacent to an activating group) is 1. The standard InChI is InChI=1S/C10H21N3O/c1-8(2)9(11)10(14)13-6-4-12(3)5-7-13/h8-9H,4-7,11H2,1-3H3. The van der Waals surface area contributed by atoms with Crippen molar-refractivity contribution in [2.24, 2.45) is 11.7 Å². The zero-order valence-electron chi connectivity index (χ0n) is 9.36. The Morgan fingerprint density at radius 2 is 1.71 bits per heavy atom. The fourth-order valence-electron chi connectivity index (χ4n) is 1.52. The molecule has 4 heteroatoms. The minimum atomic E-state index is -0.335. The van der Waals surface area contributed by atoms with E-state index >= 15 is 0 Å². The van der Waals surface area contributed by atoms with E-state index in [4.69, 9.17) is 5.73 Å². The number of carbonyl (C=O) groups excluding carboxylic acids is 1. The number of piperazine rings is 1. The van der Waals surface area contributed by atoms with Crippen LogP contribution in [0.1, 0.15) is 13.8 Å². The average molecular weight is 199 g/mol. The molecule has 1 unspecified atom stereocenters. The molecule has 1 atom stereocenters. The summed E-state index contributed by atoms with van der Waals surface area (Å²) < 4.78 is 0. The normalized spacial score (nSPS) is 21.4. The number of hydrogen-bond acceptors (Lipinski definition) is 3. The zero-order chi connectivity index (χ0) is 10.7. The van der Waals surface area contributed by atoms with Crippen LogP contribution in [0.25, 0.3) is 0 Å². The second-order valence-electron chi connectivity index (χ2n) is 4.40. The van der Waals surface area contributed by atoms with Gasteiger partial charge in [-0.25, -0.2) is 0 Å². The molecule has 82 valence electrons. The first-order chi connectivity index (χ1) is 6.52. The Morgan fingerprint density at radius 1 is 1.21 bits per heavy atom. The predicted octanol–water partition coefficient (Wildman–Crippen LogP) is -0.256. The van der Waals surface area contributed by atoms with Crippen molar-refractivity contribution < 1.29 is 4.79 Å². The number of nitrogens with two attached hydrogens (primary N) is 1. The van der Waals surface area contributed by atoms with E-state index in [-0.39, 0.29) is 17.9 Å². The molecule has 0 bridgehead atoms. The molecule has 14 heavy (non-hydrogen) atoms. The molecule has 1 saturated heterocycles. The summed E-state index contributed by atoms with van der Waals surface area (Å²) in [7, 11) is 2.07. The Labute approximate surface area is 86.0 Å². The van der Waals surface area contributed by atoms with Gasteiger partial charge in [0, 0.05) is 26.2 Å². The van der Waals surface area contributed by atoms with Gasteiger partial charge in [-0.1, -0.05) is 13.8 Å². The van der Waals surface area contributed by atoms with Crippen LogP contribution in [0.3, 0.4) is 0 Å². The maximum atomic E-state index is 11.8. The van der Waals surface area contributed by atoms with Gasteiger partial charge in [-0.15, -0.1) is 0 Å². The van der Waals surface area contributed by atoms with Crippen molar-refractivity contribution in [3.05, 3.63) is 0 Å². The lowest BCUT2D eigenvalue weighted by molar-refractivity contribution is -0.135. The highest BCUT2D eigenvalue weighted by Crippen LogP contribution is 2.06. The summed E-state index contributed by atoms with van der Waals surface area (Å²) in [6.45, 7) is 7.51. The third kappa shape index (κ3) is 2.69. The highest BCUT2D eigenvalue weighted by atomic mass is 16.2. The molecular formula is C10H21N3O. The van der Waals surface area contributed by atoms with Gasteiger partial charge in [-0.3, -0.25) is 4.79 Å². The zero-order valence-corrected chi connectivity index (χ0v) is 9.36. The van der Waals surface area contributed by atoms with E-state index in [1.54, 1.807) is 0 Å². The SMILES string of the molecule is CC(C)C(N)C(=O)N1CCN(C)CC1. The van der Waals surface area contributed by atoms with Gasteiger partial charge in [0.2, 0.25) is 5.91 Å². The van der Waals surface area contributed by atoms with Crippen LogP contribution in [-0.2, 0) is 4.79 Å². The molecule has 1 fully saturated rings. The molecule has 2 N–H and O–H groups in total. The Morgan fingerprint density at radius 3 is 2.14 bits per heavy atom. The fraction of sp³-hybridized carbons (Fsp3) is 0.900. The third-order valence-corrected chi connectivity index (χ3v) is 2.82. The topological polar surface area (TPSA) is 49.6 Å². The Hall–Kier alpha value is -0.610. The number of rotatable bonds is 2. The Balaban J connectivity index is 2.45. The van der Waals surface area contributed by atoms with E-state index < -0.39 is 0 Å². The number of hydrogen-bond donors (Lipinski definition) is 1. The molecule has 0 radical (unpaired) electrons. The summed E-state index contributed by atoms with van der Waals surface area (Å²) in [4.78, 5) is 15.9. The van der Waals surface area contributed by atoms with Crippen molar-refractivity contribution in [1.29, 1.82) is 0 Å². The predicted molar refractivity (Wildman–Crippen MR) is 56.9 cm³/mol. The summed E-state index contributed by atoms with van der Waals surface area (Å²) in [5.41, 5.74) is 5.82. The molecule has 0 saturated carbocycles. The van der Waals surface area contributed by atoms with Gasteiger partial charge in [0.1, 0.15) is 0 Å². The van der Waals surface area contributed by atoms with Crippen molar-refractivity contribution in [3.63, 3.8) is 0 Å². The molecule has 0 spiro atoms. The molecule has 0 aromatic heterocycles. The third-order valence-electron chi connectivity index (χ3n) is 2.82. The van der Waals surface area contributed by atoms with E-state index in [0.29, 0.717) is 0 Å². The quantitative estimate of drug-likeness (QED) is 0.667. The fourth-order valence-corrected chi connectivity index (χ4v) is 1.52. The molecular weight excluding hydrogens is 178 g/mol. The second-order valence-corrected chi connectivity index (χ2v) is 4.40. The van der Waals surface area contributed by atoms with Crippen LogP contribution >= 0.6 is 0 Å². The second kappa shape index (κ2) is 4.75. The van der Waals surface area contributed by atoms with E-state index in [0.717, 1.165) is 26.2 Å². The van der Waals surface area contributed by atoms with Crippen LogP contribution < -0.4 is 5.73 Å². The number of amides is 1. The minimum Gasteiger partial charge on any atom is -0.339 e. The summed E-state index contributed by atoms with van der Waals surface area (Å²) >= 11 is 0. The summed E-state index contributed by atoms with van der Waals surface area (Å²) in [6, 6.07) is -0.335. The smallest absolute Gasteiger partial charge is 0.239 e. The van der Waals surface area contributed by atoms with Gasteiger partial charge in [0.25, 0.3) is 0 Å². The summed E-state index contributed by atoms with van der Waals surface area (Å²) in [5.74, 6) is 0.329. The van der Waals surface area contributed by atoms with Crippen molar-refractivity contribution >= 4 is 5.91 Å². The van der Waals surface area contributed by atoms with E-state index in [1.165, 1.54) is 0 Å². The molecule has 0 aliphatic carbocycles. The largest absolute Gasteiger partial charge is 0.339 e. The lowest BCUT2D eigenvalue weighted by Gasteiger charge is -2.34. The van der Waals surface area contributed by atoms with Gasteiger partial charge >= 0.3 is 0 Å². The number of carbonyl (C=O) groups is 1. The van der Waals surface area contributed by atoms with Crippen molar-refractivity contribution in [2.75, 3.05) is 33.2 Å². The van der Waals surface area contributed by atoms with Crippen LogP contribution in [0.15, 0.2) is 0 Å². The average Bonchev–Trinajstić information content (AvgIpc) is 2.16. The molecule has 0 aromatic carbocycles. The van der Waals surface area contributed by atoms with E-state index in [9.17, 15) is 4.79 Å². The first kappa shape index (κ1) is 11.5. The molecule has 1 rings (SSSR count). The summed E-state index contributed by atoms with van der Waals surface area (Å²) in [6.07, 6.45) is 0. The molecule has 1 aliphatic rings. The van der Waals surface area contributed by atoms with E-state index in [2.05, 4.69) is 11.9 Å². The van der Waals surface area contributed by atoms with Crippen LogP contribution in [0.4, 0.5) is 0 Å². The minimum absolute atomic E-state index is 0.105. The number of nitrogens with zero attached hydrogens (tertiary/aromatic N) is 2. The Kier molecular flexibility index (Phi) is 3.89. The molecule has 1 aliphatic heterocycles. The van der Waals surface area contributed by atoms with Gasteiger partial charge < -0.3 is 15.5 Å². The van der Waals surface area contributed by atoms with Crippen LogP contribution in [0.2, 0.25) is 0 Å². The first-order valence-electron chi connectivity index (χ1n) is 5.25. The summed E-state index contributed by atoms with van der Waals surface area (Å²) in [5, 5.41) is 0. The maximum absolute atomic E-state index is 11.8. The van der Waals surface area contributed by atoms with Gasteiger partial charge in [0.05, 0.1) is 6.04 Å². The van der Waals surface area contributed by atoms with Crippen molar-refractivity contribution in [2.45, 2.75) is 19.9 Å². The van der Waals surface area contributed by atoms with Crippen LogP contribution in [0.5, 0.6) is 0 Å². The van der Waals surface area contributed by atoms with Crippen LogP contribution in [-0.4, -0.2) is 55.0 Å². The Bertz CT molecular complexity index is 198. The molecule has 4 nitrogen and oxygen atoms in total. The lowest BCUT2D eigenvalue weighted by Crippen LogP contribution is -2.53. The lowest BCUT2D eigenvalue weighted by atomic mass is 10.0. The molecule has 1 heterocycles. The first-order valence-corrected chi connectivity index (χ1v) is 5.25. The van der Waals surface area contributed by atoms with Crippen molar-refractivity contribution in [1.82, 2.24) is 9.80 Å². The van der Waals surface area contributed by atoms with Crippen LogP contribution in [0, 0.1) is 5.92 Å². The highest BCUT2D eigenvalue weighted by Gasteiger charge is 2.25. The molecule has 0 aromatic rings.